The van der Waals surface area contributed by atoms with Gasteiger partial charge in [-0.25, -0.2) is 4.39 Å². The molecule has 0 aliphatic rings. The number of benzene rings is 3. The molecule has 152 valence electrons. The summed E-state index contributed by atoms with van der Waals surface area (Å²) in [7, 11) is 0. The van der Waals surface area contributed by atoms with E-state index in [0.717, 1.165) is 11.1 Å². The van der Waals surface area contributed by atoms with Gasteiger partial charge < -0.3 is 0 Å². The molecule has 0 fully saturated rings. The highest BCUT2D eigenvalue weighted by atomic mass is 19.1. The molecule has 0 spiro atoms. The lowest BCUT2D eigenvalue weighted by Gasteiger charge is -2.11. The molecule has 0 atom stereocenters. The first-order valence-electron chi connectivity index (χ1n) is 10.4. The Kier molecular flexibility index (Phi) is 8.46. The molecule has 0 amide bonds. The van der Waals surface area contributed by atoms with E-state index in [2.05, 4.69) is 23.7 Å². The third-order valence-corrected chi connectivity index (χ3v) is 4.54. The molecule has 0 radical (unpaired) electrons. The third-order valence-electron chi connectivity index (χ3n) is 4.54. The van der Waals surface area contributed by atoms with Crippen molar-refractivity contribution < 1.29 is 4.39 Å². The highest BCUT2D eigenvalue weighted by Gasteiger charge is 2.14. The zero-order chi connectivity index (χ0) is 22.1. The van der Waals surface area contributed by atoms with Crippen molar-refractivity contribution in [1.82, 2.24) is 0 Å². The summed E-state index contributed by atoms with van der Waals surface area (Å²) in [4.78, 5) is 0. The van der Waals surface area contributed by atoms with E-state index in [1.807, 2.05) is 96.1 Å². The Balaban J connectivity index is 0.00000155. The smallest absolute Gasteiger partial charge is 0.143 e. The summed E-state index contributed by atoms with van der Waals surface area (Å²) in [5.41, 5.74) is 5.91. The van der Waals surface area contributed by atoms with Gasteiger partial charge in [-0.05, 0) is 56.2 Å². The van der Waals surface area contributed by atoms with Gasteiger partial charge in [0, 0.05) is 22.3 Å². The lowest BCUT2D eigenvalue weighted by atomic mass is 9.94. The molecule has 3 aromatic carbocycles. The Morgan fingerprint density at radius 3 is 1.43 bits per heavy atom. The molecule has 0 heterocycles. The summed E-state index contributed by atoms with van der Waals surface area (Å²) in [6.45, 7) is 12.0. The lowest BCUT2D eigenvalue weighted by Crippen LogP contribution is -2.00. The van der Waals surface area contributed by atoms with Crippen molar-refractivity contribution >= 4 is 0 Å². The van der Waals surface area contributed by atoms with Crippen LogP contribution in [0.4, 0.5) is 4.39 Å². The predicted octanol–water partition coefficient (Wildman–Crippen LogP) is 7.39. The van der Waals surface area contributed by atoms with Crippen molar-refractivity contribution in [2.75, 3.05) is 0 Å². The third kappa shape index (κ3) is 6.10. The van der Waals surface area contributed by atoms with E-state index >= 15 is 4.39 Å². The van der Waals surface area contributed by atoms with Gasteiger partial charge in [0.25, 0.3) is 0 Å². The molecule has 3 rings (SSSR count). The fourth-order valence-electron chi connectivity index (χ4n) is 2.92. The zero-order valence-corrected chi connectivity index (χ0v) is 18.7. The number of hydrogen-bond acceptors (Lipinski definition) is 0. The monoisotopic (exact) mass is 396 g/mol. The molecule has 0 unspecified atom stereocenters. The van der Waals surface area contributed by atoms with E-state index in [1.54, 1.807) is 6.07 Å². The van der Waals surface area contributed by atoms with Crippen molar-refractivity contribution in [2.24, 2.45) is 0 Å². The summed E-state index contributed by atoms with van der Waals surface area (Å²) in [5, 5.41) is 0. The molecule has 0 N–H and O–H groups in total. The topological polar surface area (TPSA) is 0 Å². The Bertz CT molecular complexity index is 1090. The van der Waals surface area contributed by atoms with E-state index in [0.29, 0.717) is 16.7 Å². The average Bonchev–Trinajstić information content (AvgIpc) is 2.75. The van der Waals surface area contributed by atoms with Crippen molar-refractivity contribution in [1.29, 1.82) is 0 Å². The molecule has 1 heteroatoms. The van der Waals surface area contributed by atoms with Crippen LogP contribution in [0.25, 0.3) is 0 Å². The van der Waals surface area contributed by atoms with Gasteiger partial charge in [0.2, 0.25) is 0 Å². The number of hydrogen-bond donors (Lipinski definition) is 0. The SMILES string of the molecule is CC.Cc1ccc(C#Cc2ccc(C#Cc3ccc(C)cc3)c(C(C)C)c2F)cc1. The Labute approximate surface area is 181 Å². The fraction of sp³-hybridized carbons (Fsp3) is 0.241. The zero-order valence-electron chi connectivity index (χ0n) is 18.7. The van der Waals surface area contributed by atoms with E-state index in [4.69, 9.17) is 0 Å². The van der Waals surface area contributed by atoms with E-state index < -0.39 is 0 Å². The van der Waals surface area contributed by atoms with Gasteiger partial charge in [-0.3, -0.25) is 0 Å². The molecule has 0 saturated carbocycles. The molecule has 0 nitrogen and oxygen atoms in total. The van der Waals surface area contributed by atoms with Crippen LogP contribution in [0.1, 0.15) is 72.6 Å². The first-order valence-corrected chi connectivity index (χ1v) is 10.4. The van der Waals surface area contributed by atoms with Crippen molar-refractivity contribution in [3.8, 4) is 23.7 Å². The second-order valence-corrected chi connectivity index (χ2v) is 7.28. The van der Waals surface area contributed by atoms with Gasteiger partial charge in [-0.2, -0.15) is 0 Å². The standard InChI is InChI=1S/C27H23F.C2H6/c1-19(2)26-24(15-13-22-9-5-20(3)6-10-22)17-18-25(27(26)28)16-14-23-11-7-21(4)8-12-23;1-2/h5-12,17-19H,1-4H3;1-2H3. The van der Waals surface area contributed by atoms with Crippen LogP contribution in [-0.2, 0) is 0 Å². The fourth-order valence-corrected chi connectivity index (χ4v) is 2.92. The van der Waals surface area contributed by atoms with Crippen LogP contribution in [-0.4, -0.2) is 0 Å². The predicted molar refractivity (Wildman–Crippen MR) is 126 cm³/mol. The van der Waals surface area contributed by atoms with Crippen LogP contribution in [0.15, 0.2) is 60.7 Å². The maximum Gasteiger partial charge on any atom is 0.143 e. The summed E-state index contributed by atoms with van der Waals surface area (Å²) in [6, 6.07) is 19.5. The van der Waals surface area contributed by atoms with Crippen molar-refractivity contribution in [3.05, 3.63) is 105 Å². The van der Waals surface area contributed by atoms with Crippen molar-refractivity contribution in [2.45, 2.75) is 47.5 Å². The van der Waals surface area contributed by atoms with Crippen LogP contribution in [0.2, 0.25) is 0 Å². The molecule has 0 bridgehead atoms. The first-order chi connectivity index (χ1) is 14.4. The molecule has 0 aliphatic heterocycles. The molecule has 3 aromatic rings. The Morgan fingerprint density at radius 1 is 0.600 bits per heavy atom. The number of halogens is 1. The molecular formula is C29H29F. The van der Waals surface area contributed by atoms with E-state index in [-0.39, 0.29) is 11.7 Å². The number of rotatable bonds is 1. The molecule has 30 heavy (non-hydrogen) atoms. The van der Waals surface area contributed by atoms with Gasteiger partial charge in [-0.1, -0.05) is 86.8 Å². The molecular weight excluding hydrogens is 367 g/mol. The minimum Gasteiger partial charge on any atom is -0.205 e. The normalized spacial score (nSPS) is 9.60. The molecule has 0 aromatic heterocycles. The van der Waals surface area contributed by atoms with Crippen LogP contribution in [0.3, 0.4) is 0 Å². The summed E-state index contributed by atoms with van der Waals surface area (Å²) < 4.78 is 15.2. The van der Waals surface area contributed by atoms with Crippen LogP contribution in [0, 0.1) is 43.3 Å². The maximum atomic E-state index is 15.2. The van der Waals surface area contributed by atoms with Crippen LogP contribution < -0.4 is 0 Å². The van der Waals surface area contributed by atoms with E-state index in [1.165, 1.54) is 11.1 Å². The number of aryl methyl sites for hydroxylation is 2. The minimum atomic E-state index is -0.273. The minimum absolute atomic E-state index is 0.0171. The summed E-state index contributed by atoms with van der Waals surface area (Å²) in [6.07, 6.45) is 0. The summed E-state index contributed by atoms with van der Waals surface area (Å²) in [5.74, 6) is 12.1. The Morgan fingerprint density at radius 2 is 1.00 bits per heavy atom. The molecule has 0 saturated heterocycles. The van der Waals surface area contributed by atoms with Crippen LogP contribution in [0.5, 0.6) is 0 Å². The van der Waals surface area contributed by atoms with Gasteiger partial charge in [-0.15, -0.1) is 0 Å². The largest absolute Gasteiger partial charge is 0.205 e. The highest BCUT2D eigenvalue weighted by Crippen LogP contribution is 2.25. The average molecular weight is 397 g/mol. The highest BCUT2D eigenvalue weighted by molar-refractivity contribution is 5.53. The Hall–Kier alpha value is -3.29. The van der Waals surface area contributed by atoms with E-state index in [9.17, 15) is 0 Å². The maximum absolute atomic E-state index is 15.2. The van der Waals surface area contributed by atoms with Crippen molar-refractivity contribution in [3.63, 3.8) is 0 Å². The van der Waals surface area contributed by atoms with Gasteiger partial charge in [0.15, 0.2) is 0 Å². The lowest BCUT2D eigenvalue weighted by molar-refractivity contribution is 0.594. The van der Waals surface area contributed by atoms with Gasteiger partial charge >= 0.3 is 0 Å². The molecule has 0 aliphatic carbocycles. The second-order valence-electron chi connectivity index (χ2n) is 7.28. The quantitative estimate of drug-likeness (QED) is 0.376. The van der Waals surface area contributed by atoms with Gasteiger partial charge in [0.05, 0.1) is 5.56 Å². The second kappa shape index (κ2) is 11.0. The van der Waals surface area contributed by atoms with Crippen LogP contribution >= 0.6 is 0 Å². The first kappa shape index (κ1) is 23.0. The van der Waals surface area contributed by atoms with Gasteiger partial charge in [0.1, 0.15) is 5.82 Å². The summed E-state index contributed by atoms with van der Waals surface area (Å²) >= 11 is 0.